The Hall–Kier alpha value is -1.86. The number of nitrogens with two attached hydrogens (primary N) is 1. The monoisotopic (exact) mass is 303 g/mol. The molecule has 21 heavy (non-hydrogen) atoms. The number of nitrogens with one attached hydrogen (secondary N) is 1. The van der Waals surface area contributed by atoms with Crippen LogP contribution in [-0.4, -0.2) is 32.9 Å². The minimum atomic E-state index is -0.0739. The number of rotatable bonds is 3. The van der Waals surface area contributed by atoms with Crippen LogP contribution in [0.4, 0.5) is 0 Å². The van der Waals surface area contributed by atoms with Crippen molar-refractivity contribution in [3.05, 3.63) is 29.5 Å². The minimum absolute atomic E-state index is 0.0739. The Labute approximate surface area is 126 Å². The molecule has 2 aromatic rings. The predicted molar refractivity (Wildman–Crippen MR) is 80.8 cm³/mol. The Bertz CT molecular complexity index is 607. The van der Waals surface area contributed by atoms with Gasteiger partial charge >= 0.3 is 0 Å². The topological polar surface area (TPSA) is 93.8 Å². The maximum atomic E-state index is 12.2. The van der Waals surface area contributed by atoms with Gasteiger partial charge in [-0.3, -0.25) is 4.79 Å². The van der Waals surface area contributed by atoms with E-state index in [0.717, 1.165) is 25.7 Å². The summed E-state index contributed by atoms with van der Waals surface area (Å²) in [4.78, 5) is 25.3. The summed E-state index contributed by atoms with van der Waals surface area (Å²) >= 11 is 1.31. The van der Waals surface area contributed by atoms with Crippen molar-refractivity contribution in [2.24, 2.45) is 5.73 Å². The summed E-state index contributed by atoms with van der Waals surface area (Å²) in [6.07, 6.45) is 8.73. The van der Waals surface area contributed by atoms with Gasteiger partial charge in [0.1, 0.15) is 4.88 Å². The van der Waals surface area contributed by atoms with Gasteiger partial charge in [0, 0.05) is 24.5 Å². The highest BCUT2D eigenvalue weighted by Gasteiger charge is 2.21. The lowest BCUT2D eigenvalue weighted by atomic mass is 9.92. The van der Waals surface area contributed by atoms with Crippen molar-refractivity contribution in [2.45, 2.75) is 37.8 Å². The average molecular weight is 303 g/mol. The molecule has 1 amide bonds. The first-order valence-corrected chi connectivity index (χ1v) is 7.83. The highest BCUT2D eigenvalue weighted by atomic mass is 32.1. The normalized spacial score (nSPS) is 22.0. The molecule has 0 radical (unpaired) electrons. The van der Waals surface area contributed by atoms with Crippen molar-refractivity contribution in [1.82, 2.24) is 20.3 Å². The highest BCUT2D eigenvalue weighted by molar-refractivity contribution is 7.16. The summed E-state index contributed by atoms with van der Waals surface area (Å²) in [6, 6.07) is 2.25. The number of aromatic nitrogens is 3. The second-order valence-electron chi connectivity index (χ2n) is 5.19. The van der Waals surface area contributed by atoms with E-state index in [9.17, 15) is 4.79 Å². The predicted octanol–water partition coefficient (Wildman–Crippen LogP) is 1.60. The minimum Gasteiger partial charge on any atom is -0.349 e. The number of nitrogens with zero attached hydrogens (tertiary/aromatic N) is 3. The molecule has 3 rings (SSSR count). The van der Waals surface area contributed by atoms with Crippen LogP contribution in [0.1, 0.15) is 35.4 Å². The summed E-state index contributed by atoms with van der Waals surface area (Å²) in [5, 5.41) is 3.71. The van der Waals surface area contributed by atoms with E-state index in [2.05, 4.69) is 20.3 Å². The van der Waals surface area contributed by atoms with E-state index in [0.29, 0.717) is 15.7 Å². The quantitative estimate of drug-likeness (QED) is 0.898. The van der Waals surface area contributed by atoms with Gasteiger partial charge in [-0.25, -0.2) is 15.0 Å². The summed E-state index contributed by atoms with van der Waals surface area (Å²) in [7, 11) is 0. The van der Waals surface area contributed by atoms with Crippen LogP contribution < -0.4 is 11.1 Å². The third-order valence-corrected chi connectivity index (χ3v) is 4.59. The van der Waals surface area contributed by atoms with E-state index >= 15 is 0 Å². The van der Waals surface area contributed by atoms with E-state index in [4.69, 9.17) is 5.73 Å². The van der Waals surface area contributed by atoms with Crippen LogP contribution in [0.2, 0.25) is 0 Å². The molecule has 1 aliphatic carbocycles. The molecular formula is C14H17N5OS. The van der Waals surface area contributed by atoms with Crippen molar-refractivity contribution in [3.63, 3.8) is 0 Å². The van der Waals surface area contributed by atoms with Crippen molar-refractivity contribution >= 4 is 17.2 Å². The van der Waals surface area contributed by atoms with Gasteiger partial charge in [-0.1, -0.05) is 0 Å². The number of thiazole rings is 1. The Balaban J connectivity index is 1.64. The molecule has 0 saturated heterocycles. The summed E-state index contributed by atoms with van der Waals surface area (Å²) in [5.74, 6) is 0.473. The first-order chi connectivity index (χ1) is 10.2. The van der Waals surface area contributed by atoms with Gasteiger partial charge in [0.2, 0.25) is 0 Å². The second-order valence-corrected chi connectivity index (χ2v) is 6.22. The lowest BCUT2D eigenvalue weighted by molar-refractivity contribution is 0.0930. The van der Waals surface area contributed by atoms with Crippen molar-refractivity contribution in [2.75, 3.05) is 0 Å². The molecule has 0 atom stereocenters. The lowest BCUT2D eigenvalue weighted by Crippen LogP contribution is -2.40. The fourth-order valence-electron chi connectivity index (χ4n) is 2.41. The molecular weight excluding hydrogens is 286 g/mol. The summed E-state index contributed by atoms with van der Waals surface area (Å²) in [5.41, 5.74) is 5.87. The largest absolute Gasteiger partial charge is 0.349 e. The van der Waals surface area contributed by atoms with Gasteiger partial charge in [-0.2, -0.15) is 0 Å². The third-order valence-electron chi connectivity index (χ3n) is 3.59. The molecule has 3 N–H and O–H groups in total. The molecule has 6 nitrogen and oxygen atoms in total. The van der Waals surface area contributed by atoms with Gasteiger partial charge in [-0.05, 0) is 31.7 Å². The summed E-state index contributed by atoms with van der Waals surface area (Å²) in [6.45, 7) is 0. The zero-order chi connectivity index (χ0) is 14.7. The van der Waals surface area contributed by atoms with Gasteiger partial charge in [0.15, 0.2) is 10.8 Å². The molecule has 0 aliphatic heterocycles. The molecule has 0 spiro atoms. The maximum absolute atomic E-state index is 12.2. The van der Waals surface area contributed by atoms with E-state index in [1.165, 1.54) is 11.3 Å². The molecule has 1 aliphatic rings. The Morgan fingerprint density at radius 3 is 2.62 bits per heavy atom. The molecule has 0 aromatic carbocycles. The highest BCUT2D eigenvalue weighted by Crippen LogP contribution is 2.22. The van der Waals surface area contributed by atoms with Crippen molar-refractivity contribution in [1.29, 1.82) is 0 Å². The SMILES string of the molecule is NC1CCC(NC(=O)c2cnc(-c3ncccn3)s2)CC1. The van der Waals surface area contributed by atoms with Gasteiger partial charge in [0.25, 0.3) is 5.91 Å². The van der Waals surface area contributed by atoms with Crippen LogP contribution >= 0.6 is 11.3 Å². The number of carbonyl (C=O) groups is 1. The molecule has 1 fully saturated rings. The Morgan fingerprint density at radius 2 is 1.90 bits per heavy atom. The van der Waals surface area contributed by atoms with Crippen LogP contribution in [-0.2, 0) is 0 Å². The van der Waals surface area contributed by atoms with Crippen LogP contribution in [0.3, 0.4) is 0 Å². The van der Waals surface area contributed by atoms with Crippen LogP contribution in [0, 0.1) is 0 Å². The first-order valence-electron chi connectivity index (χ1n) is 7.02. The zero-order valence-electron chi connectivity index (χ0n) is 11.5. The molecule has 2 aromatic heterocycles. The number of hydrogen-bond donors (Lipinski definition) is 2. The first kappa shape index (κ1) is 14.1. The average Bonchev–Trinajstić information content (AvgIpc) is 3.00. The van der Waals surface area contributed by atoms with Gasteiger partial charge in [-0.15, -0.1) is 11.3 Å². The molecule has 0 bridgehead atoms. The van der Waals surface area contributed by atoms with E-state index in [1.807, 2.05) is 0 Å². The molecule has 2 heterocycles. The molecule has 1 saturated carbocycles. The lowest BCUT2D eigenvalue weighted by Gasteiger charge is -2.26. The fraction of sp³-hybridized carbons (Fsp3) is 0.429. The summed E-state index contributed by atoms with van der Waals surface area (Å²) < 4.78 is 0. The number of carbonyl (C=O) groups excluding carboxylic acids is 1. The van der Waals surface area contributed by atoms with Crippen LogP contribution in [0.25, 0.3) is 10.8 Å². The maximum Gasteiger partial charge on any atom is 0.263 e. The molecule has 0 unspecified atom stereocenters. The van der Waals surface area contributed by atoms with Crippen molar-refractivity contribution in [3.8, 4) is 10.8 Å². The van der Waals surface area contributed by atoms with Gasteiger partial charge in [0.05, 0.1) is 6.20 Å². The number of amides is 1. The van der Waals surface area contributed by atoms with Crippen LogP contribution in [0.5, 0.6) is 0 Å². The van der Waals surface area contributed by atoms with Gasteiger partial charge < -0.3 is 11.1 Å². The smallest absolute Gasteiger partial charge is 0.263 e. The standard InChI is InChI=1S/C14H17N5OS/c15-9-2-4-10(5-3-9)19-13(20)11-8-18-14(21-11)12-16-6-1-7-17-12/h1,6-10H,2-5,15H2,(H,19,20). The molecule has 110 valence electrons. The fourth-order valence-corrected chi connectivity index (χ4v) is 3.18. The molecule has 7 heteroatoms. The van der Waals surface area contributed by atoms with E-state index in [-0.39, 0.29) is 18.0 Å². The Kier molecular flexibility index (Phi) is 4.21. The number of hydrogen-bond acceptors (Lipinski definition) is 6. The Morgan fingerprint density at radius 1 is 1.19 bits per heavy atom. The van der Waals surface area contributed by atoms with E-state index < -0.39 is 0 Å². The third kappa shape index (κ3) is 3.43. The van der Waals surface area contributed by atoms with Crippen molar-refractivity contribution < 1.29 is 4.79 Å². The second kappa shape index (κ2) is 6.28. The van der Waals surface area contributed by atoms with Crippen LogP contribution in [0.15, 0.2) is 24.7 Å². The zero-order valence-corrected chi connectivity index (χ0v) is 12.3. The van der Waals surface area contributed by atoms with E-state index in [1.54, 1.807) is 24.7 Å².